The van der Waals surface area contributed by atoms with Crippen molar-refractivity contribution in [3.8, 4) is 6.07 Å². The SMILES string of the molecule is N#CC1=C(N)N(S(=O)(=O)c2ccc([N+](=O)[O-])cc2)CC1C(=O)c1ccccc1. The minimum Gasteiger partial charge on any atom is -0.384 e. The van der Waals surface area contributed by atoms with Crippen molar-refractivity contribution in [3.05, 3.63) is 81.7 Å². The molecule has 1 unspecified atom stereocenters. The molecule has 28 heavy (non-hydrogen) atoms. The molecule has 0 aromatic heterocycles. The maximum absolute atomic E-state index is 12.9. The van der Waals surface area contributed by atoms with E-state index in [2.05, 4.69) is 0 Å². The minimum absolute atomic E-state index is 0.126. The minimum atomic E-state index is -4.20. The van der Waals surface area contributed by atoms with Gasteiger partial charge < -0.3 is 5.73 Å². The fraction of sp³-hybridized carbons (Fsp3) is 0.111. The van der Waals surface area contributed by atoms with Crippen LogP contribution in [-0.4, -0.2) is 30.0 Å². The van der Waals surface area contributed by atoms with E-state index >= 15 is 0 Å². The molecule has 2 N–H and O–H groups in total. The first kappa shape index (κ1) is 19.1. The molecule has 0 saturated heterocycles. The van der Waals surface area contributed by atoms with Gasteiger partial charge in [-0.1, -0.05) is 30.3 Å². The van der Waals surface area contributed by atoms with Crippen LogP contribution < -0.4 is 5.73 Å². The zero-order chi connectivity index (χ0) is 20.5. The number of non-ortho nitro benzene ring substituents is 1. The van der Waals surface area contributed by atoms with Gasteiger partial charge in [-0.25, -0.2) is 12.7 Å². The first-order valence-corrected chi connectivity index (χ1v) is 9.47. The van der Waals surface area contributed by atoms with Crippen molar-refractivity contribution in [2.24, 2.45) is 11.7 Å². The summed E-state index contributed by atoms with van der Waals surface area (Å²) in [6.07, 6.45) is 0. The quantitative estimate of drug-likeness (QED) is 0.458. The van der Waals surface area contributed by atoms with E-state index in [4.69, 9.17) is 5.73 Å². The second-order valence-corrected chi connectivity index (χ2v) is 7.84. The number of nitriles is 1. The smallest absolute Gasteiger partial charge is 0.269 e. The van der Waals surface area contributed by atoms with E-state index in [1.165, 1.54) is 0 Å². The lowest BCUT2D eigenvalue weighted by molar-refractivity contribution is -0.384. The second kappa shape index (κ2) is 7.13. The van der Waals surface area contributed by atoms with Crippen molar-refractivity contribution < 1.29 is 18.1 Å². The van der Waals surface area contributed by atoms with Crippen LogP contribution >= 0.6 is 0 Å². The molecule has 3 rings (SSSR count). The summed E-state index contributed by atoms with van der Waals surface area (Å²) in [5.74, 6) is -1.77. The molecule has 1 aliphatic rings. The molecule has 0 saturated carbocycles. The van der Waals surface area contributed by atoms with E-state index in [0.717, 1.165) is 28.6 Å². The molecule has 1 heterocycles. The summed E-state index contributed by atoms with van der Waals surface area (Å²) in [5, 5.41) is 20.2. The Hall–Kier alpha value is -3.71. The Kier molecular flexibility index (Phi) is 4.85. The average molecular weight is 398 g/mol. The molecule has 1 atom stereocenters. The highest BCUT2D eigenvalue weighted by Gasteiger charge is 2.41. The molecular weight excluding hydrogens is 384 g/mol. The van der Waals surface area contributed by atoms with Crippen molar-refractivity contribution in [2.45, 2.75) is 4.90 Å². The summed E-state index contributed by atoms with van der Waals surface area (Å²) >= 11 is 0. The van der Waals surface area contributed by atoms with Gasteiger partial charge >= 0.3 is 0 Å². The third-order valence-corrected chi connectivity index (χ3v) is 6.17. The number of carbonyl (C=O) groups excluding carboxylic acids is 1. The van der Waals surface area contributed by atoms with Crippen LogP contribution in [0.1, 0.15) is 10.4 Å². The van der Waals surface area contributed by atoms with E-state index in [-0.39, 0.29) is 28.5 Å². The lowest BCUT2D eigenvalue weighted by Crippen LogP contribution is -2.33. The second-order valence-electron chi connectivity index (χ2n) is 5.98. The van der Waals surface area contributed by atoms with E-state index in [0.29, 0.717) is 5.56 Å². The van der Waals surface area contributed by atoms with Crippen LogP contribution in [0.2, 0.25) is 0 Å². The van der Waals surface area contributed by atoms with Crippen molar-refractivity contribution in [1.29, 1.82) is 5.26 Å². The molecule has 0 radical (unpaired) electrons. The van der Waals surface area contributed by atoms with Gasteiger partial charge in [0.1, 0.15) is 5.82 Å². The Labute approximate surface area is 160 Å². The van der Waals surface area contributed by atoms with Gasteiger partial charge in [-0.15, -0.1) is 0 Å². The number of Topliss-reactive ketones (excluding diaryl/α,β-unsaturated/α-hetero) is 1. The number of sulfonamides is 1. The Bertz CT molecular complexity index is 1120. The third-order valence-electron chi connectivity index (χ3n) is 4.37. The van der Waals surface area contributed by atoms with Crippen molar-refractivity contribution in [2.75, 3.05) is 6.54 Å². The maximum Gasteiger partial charge on any atom is 0.269 e. The van der Waals surface area contributed by atoms with Gasteiger partial charge in [0.15, 0.2) is 5.78 Å². The first-order valence-electron chi connectivity index (χ1n) is 8.03. The molecule has 0 bridgehead atoms. The summed E-state index contributed by atoms with van der Waals surface area (Å²) in [6.45, 7) is -0.318. The highest BCUT2D eigenvalue weighted by atomic mass is 32.2. The van der Waals surface area contributed by atoms with Gasteiger partial charge in [0.05, 0.1) is 33.9 Å². The number of carbonyl (C=O) groups is 1. The van der Waals surface area contributed by atoms with E-state index in [1.807, 2.05) is 6.07 Å². The predicted octanol–water partition coefficient (Wildman–Crippen LogP) is 1.79. The number of nitro benzene ring substituents is 1. The molecule has 0 amide bonds. The molecular formula is C18H14N4O5S. The van der Waals surface area contributed by atoms with Crippen molar-refractivity contribution in [1.82, 2.24) is 4.31 Å². The molecule has 0 aliphatic carbocycles. The average Bonchev–Trinajstić information content (AvgIpc) is 3.05. The highest BCUT2D eigenvalue weighted by Crippen LogP contribution is 2.33. The van der Waals surface area contributed by atoms with E-state index < -0.39 is 26.6 Å². The largest absolute Gasteiger partial charge is 0.384 e. The summed E-state index contributed by atoms with van der Waals surface area (Å²) < 4.78 is 26.6. The molecule has 2 aromatic rings. The van der Waals surface area contributed by atoms with Crippen LogP contribution in [0.25, 0.3) is 0 Å². The number of hydrogen-bond donors (Lipinski definition) is 1. The van der Waals surface area contributed by atoms with E-state index in [1.54, 1.807) is 30.3 Å². The van der Waals surface area contributed by atoms with Gasteiger partial charge in [0.2, 0.25) is 0 Å². The summed E-state index contributed by atoms with van der Waals surface area (Å²) in [6, 6.07) is 14.3. The zero-order valence-electron chi connectivity index (χ0n) is 14.3. The monoisotopic (exact) mass is 398 g/mol. The van der Waals surface area contributed by atoms with Crippen LogP contribution in [0.4, 0.5) is 5.69 Å². The molecule has 0 fully saturated rings. The van der Waals surface area contributed by atoms with Crippen LogP contribution in [-0.2, 0) is 10.0 Å². The number of ketones is 1. The molecule has 2 aromatic carbocycles. The molecule has 9 nitrogen and oxygen atoms in total. The van der Waals surface area contributed by atoms with Gasteiger partial charge in [-0.3, -0.25) is 14.9 Å². The Morgan fingerprint density at radius 1 is 1.18 bits per heavy atom. The molecule has 142 valence electrons. The first-order chi connectivity index (χ1) is 13.3. The van der Waals surface area contributed by atoms with Crippen molar-refractivity contribution in [3.63, 3.8) is 0 Å². The Morgan fingerprint density at radius 3 is 2.32 bits per heavy atom. The maximum atomic E-state index is 12.9. The fourth-order valence-corrected chi connectivity index (χ4v) is 4.35. The van der Waals surface area contributed by atoms with Gasteiger partial charge in [-0.05, 0) is 12.1 Å². The van der Waals surface area contributed by atoms with Gasteiger partial charge in [0, 0.05) is 17.7 Å². The predicted molar refractivity (Wildman–Crippen MR) is 98.1 cm³/mol. The van der Waals surface area contributed by atoms with Crippen LogP contribution in [0, 0.1) is 27.4 Å². The van der Waals surface area contributed by atoms with Crippen molar-refractivity contribution >= 4 is 21.5 Å². The number of hydrogen-bond acceptors (Lipinski definition) is 7. The number of nitrogens with zero attached hydrogens (tertiary/aromatic N) is 3. The normalized spacial score (nSPS) is 16.7. The Morgan fingerprint density at radius 2 is 1.79 bits per heavy atom. The van der Waals surface area contributed by atoms with E-state index in [9.17, 15) is 28.6 Å². The molecule has 10 heteroatoms. The van der Waals surface area contributed by atoms with Gasteiger partial charge in [-0.2, -0.15) is 5.26 Å². The lowest BCUT2D eigenvalue weighted by atomic mass is 9.93. The molecule has 1 aliphatic heterocycles. The topological polar surface area (TPSA) is 147 Å². The summed E-state index contributed by atoms with van der Waals surface area (Å²) in [4.78, 5) is 22.6. The summed E-state index contributed by atoms with van der Waals surface area (Å²) in [5.41, 5.74) is 5.83. The number of nitrogens with two attached hydrogens (primary N) is 1. The lowest BCUT2D eigenvalue weighted by Gasteiger charge is -2.20. The van der Waals surface area contributed by atoms with Crippen LogP contribution in [0.3, 0.4) is 0 Å². The zero-order valence-corrected chi connectivity index (χ0v) is 15.2. The number of benzene rings is 2. The fourth-order valence-electron chi connectivity index (χ4n) is 2.92. The van der Waals surface area contributed by atoms with Crippen LogP contribution in [0.5, 0.6) is 0 Å². The summed E-state index contributed by atoms with van der Waals surface area (Å²) in [7, 11) is -4.20. The van der Waals surface area contributed by atoms with Gasteiger partial charge in [0.25, 0.3) is 15.7 Å². The standard InChI is InChI=1S/C18H14N4O5S/c19-10-15-16(17(23)12-4-2-1-3-5-12)11-21(18(15)20)28(26,27)14-8-6-13(7-9-14)22(24)25/h1-9,16H,11,20H2. The number of nitro groups is 1. The third kappa shape index (κ3) is 3.19. The van der Waals surface area contributed by atoms with Crippen LogP contribution in [0.15, 0.2) is 70.9 Å². The Balaban J connectivity index is 1.97. The molecule has 0 spiro atoms. The highest BCUT2D eigenvalue weighted by molar-refractivity contribution is 7.89. The number of rotatable bonds is 5.